The van der Waals surface area contributed by atoms with Crippen molar-refractivity contribution in [3.05, 3.63) is 71.8 Å². The van der Waals surface area contributed by atoms with Crippen LogP contribution in [0.1, 0.15) is 35.7 Å². The number of rotatable bonds is 3. The molecule has 3 rings (SSSR count). The first-order valence-corrected chi connectivity index (χ1v) is 8.29. The summed E-state index contributed by atoms with van der Waals surface area (Å²) >= 11 is 0. The lowest BCUT2D eigenvalue weighted by atomic mass is 9.92. The first-order chi connectivity index (χ1) is 11.6. The van der Waals surface area contributed by atoms with Gasteiger partial charge in [0, 0.05) is 12.1 Å². The van der Waals surface area contributed by atoms with Crippen molar-refractivity contribution >= 4 is 11.8 Å². The standard InChI is InChI=1S/C20H22N2O2/c1-14(2)18-21-19(23)17(15-9-5-3-6-10-15)13-22(18)20(24)16-11-7-4-8-12-16/h3-12,14,17-18H,13H2,1-2H3,(H,21,23)/t17-,18-/m0/s1. The summed E-state index contributed by atoms with van der Waals surface area (Å²) in [5.41, 5.74) is 1.58. The van der Waals surface area contributed by atoms with Crippen molar-refractivity contribution in [2.45, 2.75) is 25.9 Å². The van der Waals surface area contributed by atoms with Crippen molar-refractivity contribution in [3.8, 4) is 0 Å². The Balaban J connectivity index is 1.92. The van der Waals surface area contributed by atoms with Crippen LogP contribution in [-0.2, 0) is 4.79 Å². The minimum Gasteiger partial charge on any atom is -0.335 e. The van der Waals surface area contributed by atoms with E-state index in [4.69, 9.17) is 0 Å². The molecule has 4 heteroatoms. The summed E-state index contributed by atoms with van der Waals surface area (Å²) in [4.78, 5) is 27.3. The third kappa shape index (κ3) is 3.18. The van der Waals surface area contributed by atoms with E-state index in [0.29, 0.717) is 12.1 Å². The van der Waals surface area contributed by atoms with Gasteiger partial charge in [0.05, 0.1) is 5.92 Å². The van der Waals surface area contributed by atoms with Crippen LogP contribution < -0.4 is 5.32 Å². The number of carbonyl (C=O) groups is 2. The molecule has 124 valence electrons. The van der Waals surface area contributed by atoms with Gasteiger partial charge in [-0.05, 0) is 23.6 Å². The van der Waals surface area contributed by atoms with Crippen LogP contribution in [0.3, 0.4) is 0 Å². The Bertz CT molecular complexity index is 713. The summed E-state index contributed by atoms with van der Waals surface area (Å²) in [6.07, 6.45) is -0.287. The highest BCUT2D eigenvalue weighted by atomic mass is 16.2. The van der Waals surface area contributed by atoms with E-state index < -0.39 is 0 Å². The number of hydrogen-bond acceptors (Lipinski definition) is 2. The maximum absolute atomic E-state index is 13.0. The van der Waals surface area contributed by atoms with Crippen LogP contribution in [0.5, 0.6) is 0 Å². The summed E-state index contributed by atoms with van der Waals surface area (Å²) in [7, 11) is 0. The highest BCUT2D eigenvalue weighted by Crippen LogP contribution is 2.26. The Kier molecular flexibility index (Phi) is 4.65. The molecule has 0 saturated carbocycles. The van der Waals surface area contributed by atoms with Crippen molar-refractivity contribution in [2.24, 2.45) is 5.92 Å². The van der Waals surface area contributed by atoms with Gasteiger partial charge in [-0.3, -0.25) is 9.59 Å². The molecule has 1 heterocycles. The molecule has 0 spiro atoms. The molecule has 24 heavy (non-hydrogen) atoms. The number of nitrogens with one attached hydrogen (secondary N) is 1. The quantitative estimate of drug-likeness (QED) is 0.944. The van der Waals surface area contributed by atoms with Crippen LogP contribution in [0.4, 0.5) is 0 Å². The maximum Gasteiger partial charge on any atom is 0.255 e. The SMILES string of the molecule is CC(C)[C@H]1NC(=O)[C@H](c2ccccc2)CN1C(=O)c1ccccc1. The van der Waals surface area contributed by atoms with Crippen LogP contribution in [-0.4, -0.2) is 29.4 Å². The predicted octanol–water partition coefficient (Wildman–Crippen LogP) is 3.02. The highest BCUT2D eigenvalue weighted by Gasteiger charge is 2.38. The fourth-order valence-electron chi connectivity index (χ4n) is 3.14. The minimum absolute atomic E-state index is 0.0167. The summed E-state index contributed by atoms with van der Waals surface area (Å²) in [6.45, 7) is 4.42. The van der Waals surface area contributed by atoms with E-state index >= 15 is 0 Å². The van der Waals surface area contributed by atoms with Crippen LogP contribution in [0.25, 0.3) is 0 Å². The molecule has 0 aliphatic carbocycles. The van der Waals surface area contributed by atoms with Crippen molar-refractivity contribution in [1.29, 1.82) is 0 Å². The van der Waals surface area contributed by atoms with E-state index in [1.54, 1.807) is 4.90 Å². The first-order valence-electron chi connectivity index (χ1n) is 8.29. The Labute approximate surface area is 142 Å². The number of nitrogens with zero attached hydrogens (tertiary/aromatic N) is 1. The Morgan fingerprint density at radius 1 is 1.04 bits per heavy atom. The van der Waals surface area contributed by atoms with E-state index in [2.05, 4.69) is 5.32 Å². The van der Waals surface area contributed by atoms with E-state index in [1.807, 2.05) is 74.5 Å². The normalized spacial score (nSPS) is 20.8. The van der Waals surface area contributed by atoms with Crippen molar-refractivity contribution in [3.63, 3.8) is 0 Å². The van der Waals surface area contributed by atoms with Crippen LogP contribution in [0.2, 0.25) is 0 Å². The van der Waals surface area contributed by atoms with Gasteiger partial charge in [0.25, 0.3) is 5.91 Å². The molecule has 1 N–H and O–H groups in total. The highest BCUT2D eigenvalue weighted by molar-refractivity contribution is 5.96. The van der Waals surface area contributed by atoms with E-state index in [1.165, 1.54) is 0 Å². The molecule has 0 aromatic heterocycles. The lowest BCUT2D eigenvalue weighted by molar-refractivity contribution is -0.128. The molecule has 0 radical (unpaired) electrons. The topological polar surface area (TPSA) is 49.4 Å². The van der Waals surface area contributed by atoms with E-state index in [0.717, 1.165) is 5.56 Å². The monoisotopic (exact) mass is 322 g/mol. The average molecular weight is 322 g/mol. The Morgan fingerprint density at radius 2 is 1.62 bits per heavy atom. The van der Waals surface area contributed by atoms with E-state index in [-0.39, 0.29) is 29.8 Å². The van der Waals surface area contributed by atoms with Crippen LogP contribution in [0, 0.1) is 5.92 Å². The molecule has 4 nitrogen and oxygen atoms in total. The number of carbonyl (C=O) groups excluding carboxylic acids is 2. The molecule has 2 aromatic rings. The second kappa shape index (κ2) is 6.87. The summed E-state index contributed by atoms with van der Waals surface area (Å²) in [5, 5.41) is 3.03. The van der Waals surface area contributed by atoms with Crippen molar-refractivity contribution in [1.82, 2.24) is 10.2 Å². The summed E-state index contributed by atoms with van der Waals surface area (Å²) < 4.78 is 0. The van der Waals surface area contributed by atoms with Crippen LogP contribution >= 0.6 is 0 Å². The molecule has 0 unspecified atom stereocenters. The number of amides is 2. The van der Waals surface area contributed by atoms with Gasteiger partial charge >= 0.3 is 0 Å². The Hall–Kier alpha value is -2.62. The second-order valence-corrected chi connectivity index (χ2v) is 6.48. The van der Waals surface area contributed by atoms with Gasteiger partial charge in [0.1, 0.15) is 6.17 Å². The molecule has 2 aromatic carbocycles. The minimum atomic E-state index is -0.339. The van der Waals surface area contributed by atoms with Crippen LogP contribution in [0.15, 0.2) is 60.7 Å². The lowest BCUT2D eigenvalue weighted by Crippen LogP contribution is -2.61. The largest absolute Gasteiger partial charge is 0.335 e. The third-order valence-electron chi connectivity index (χ3n) is 4.44. The van der Waals surface area contributed by atoms with Gasteiger partial charge in [-0.25, -0.2) is 0 Å². The van der Waals surface area contributed by atoms with Gasteiger partial charge in [0.15, 0.2) is 0 Å². The zero-order valence-corrected chi connectivity index (χ0v) is 14.0. The fraction of sp³-hybridized carbons (Fsp3) is 0.300. The van der Waals surface area contributed by atoms with Gasteiger partial charge < -0.3 is 10.2 Å². The smallest absolute Gasteiger partial charge is 0.255 e. The maximum atomic E-state index is 13.0. The molecule has 1 saturated heterocycles. The lowest BCUT2D eigenvalue weighted by Gasteiger charge is -2.42. The van der Waals surface area contributed by atoms with Crippen molar-refractivity contribution < 1.29 is 9.59 Å². The van der Waals surface area contributed by atoms with Gasteiger partial charge in [-0.2, -0.15) is 0 Å². The molecule has 1 aliphatic heterocycles. The van der Waals surface area contributed by atoms with E-state index in [9.17, 15) is 9.59 Å². The third-order valence-corrected chi connectivity index (χ3v) is 4.44. The molecule has 2 atom stereocenters. The summed E-state index contributed by atoms with van der Waals surface area (Å²) in [5.74, 6) is -0.264. The van der Waals surface area contributed by atoms with Gasteiger partial charge in [-0.1, -0.05) is 62.4 Å². The molecule has 1 fully saturated rings. The number of hydrogen-bond donors (Lipinski definition) is 1. The zero-order chi connectivity index (χ0) is 17.1. The van der Waals surface area contributed by atoms with Gasteiger partial charge in [-0.15, -0.1) is 0 Å². The molecular weight excluding hydrogens is 300 g/mol. The van der Waals surface area contributed by atoms with Crippen molar-refractivity contribution in [2.75, 3.05) is 6.54 Å². The number of benzene rings is 2. The van der Waals surface area contributed by atoms with Gasteiger partial charge in [0.2, 0.25) is 5.91 Å². The average Bonchev–Trinajstić information content (AvgIpc) is 2.62. The summed E-state index contributed by atoms with van der Waals surface area (Å²) in [6, 6.07) is 18.9. The molecule has 2 amide bonds. The molecule has 1 aliphatic rings. The molecular formula is C20H22N2O2. The second-order valence-electron chi connectivity index (χ2n) is 6.48. The Morgan fingerprint density at radius 3 is 2.21 bits per heavy atom. The fourth-order valence-corrected chi connectivity index (χ4v) is 3.14. The predicted molar refractivity (Wildman–Crippen MR) is 93.4 cm³/mol. The first kappa shape index (κ1) is 16.2. The zero-order valence-electron chi connectivity index (χ0n) is 14.0. The molecule has 0 bridgehead atoms.